The van der Waals surface area contributed by atoms with Crippen molar-refractivity contribution in [3.8, 4) is 5.75 Å². The van der Waals surface area contributed by atoms with Crippen LogP contribution in [0.4, 0.5) is 5.69 Å². The van der Waals surface area contributed by atoms with Gasteiger partial charge < -0.3 is 10.1 Å². The maximum absolute atomic E-state index is 12.7. The van der Waals surface area contributed by atoms with Gasteiger partial charge in [0.2, 0.25) is 0 Å². The minimum atomic E-state index is -0.209. The molecule has 26 heavy (non-hydrogen) atoms. The molecule has 132 valence electrons. The second kappa shape index (κ2) is 9.01. The molecule has 3 aromatic rings. The van der Waals surface area contributed by atoms with Crippen LogP contribution in [0.2, 0.25) is 0 Å². The molecule has 3 nitrogen and oxygen atoms in total. The van der Waals surface area contributed by atoms with Gasteiger partial charge >= 0.3 is 0 Å². The SMILES string of the molecule is O=C(Nc1cccc(Br)c1)c1cc(Br)ccc1OCCc1ccccc1. The Kier molecular flexibility index (Phi) is 6.47. The summed E-state index contributed by atoms with van der Waals surface area (Å²) in [7, 11) is 0. The molecule has 0 heterocycles. The lowest BCUT2D eigenvalue weighted by Crippen LogP contribution is -2.14. The molecule has 1 N–H and O–H groups in total. The summed E-state index contributed by atoms with van der Waals surface area (Å²) >= 11 is 6.83. The average Bonchev–Trinajstić information content (AvgIpc) is 2.64. The maximum atomic E-state index is 12.7. The first-order valence-corrected chi connectivity index (χ1v) is 9.73. The molecule has 0 radical (unpaired) electrons. The molecular formula is C21H17Br2NO2. The van der Waals surface area contributed by atoms with Gasteiger partial charge in [0, 0.05) is 21.1 Å². The summed E-state index contributed by atoms with van der Waals surface area (Å²) in [5.74, 6) is 0.357. The number of carbonyl (C=O) groups is 1. The third kappa shape index (κ3) is 5.19. The van der Waals surface area contributed by atoms with E-state index in [-0.39, 0.29) is 5.91 Å². The first-order valence-electron chi connectivity index (χ1n) is 8.15. The first kappa shape index (κ1) is 18.7. The summed E-state index contributed by atoms with van der Waals surface area (Å²) in [6.07, 6.45) is 0.781. The van der Waals surface area contributed by atoms with Crippen LogP contribution in [0, 0.1) is 0 Å². The van der Waals surface area contributed by atoms with Crippen molar-refractivity contribution in [2.75, 3.05) is 11.9 Å². The molecule has 3 rings (SSSR count). The summed E-state index contributed by atoms with van der Waals surface area (Å²) in [6, 6.07) is 23.1. The lowest BCUT2D eigenvalue weighted by atomic mass is 10.1. The number of ether oxygens (including phenoxy) is 1. The lowest BCUT2D eigenvalue weighted by Gasteiger charge is -2.13. The molecule has 0 saturated carbocycles. The zero-order valence-corrected chi connectivity index (χ0v) is 17.1. The number of benzene rings is 3. The molecule has 0 aromatic heterocycles. The third-order valence-electron chi connectivity index (χ3n) is 3.76. The monoisotopic (exact) mass is 473 g/mol. The number of hydrogen-bond acceptors (Lipinski definition) is 2. The van der Waals surface area contributed by atoms with Gasteiger partial charge in [-0.05, 0) is 42.0 Å². The van der Waals surface area contributed by atoms with Gasteiger partial charge in [0.1, 0.15) is 5.75 Å². The van der Waals surface area contributed by atoms with Crippen LogP contribution in [0.3, 0.4) is 0 Å². The summed E-state index contributed by atoms with van der Waals surface area (Å²) in [4.78, 5) is 12.7. The molecular weight excluding hydrogens is 458 g/mol. The van der Waals surface area contributed by atoms with Crippen molar-refractivity contribution < 1.29 is 9.53 Å². The number of anilines is 1. The van der Waals surface area contributed by atoms with Gasteiger partial charge in [-0.3, -0.25) is 4.79 Å². The zero-order valence-electron chi connectivity index (χ0n) is 13.9. The van der Waals surface area contributed by atoms with Crippen LogP contribution in [0.1, 0.15) is 15.9 Å². The standard InChI is InChI=1S/C21H17Br2NO2/c22-16-7-4-8-18(13-16)24-21(25)19-14-17(23)9-10-20(19)26-12-11-15-5-2-1-3-6-15/h1-10,13-14H,11-12H2,(H,24,25). The van der Waals surface area contributed by atoms with Crippen molar-refractivity contribution in [2.24, 2.45) is 0 Å². The van der Waals surface area contributed by atoms with Crippen molar-refractivity contribution >= 4 is 43.5 Å². The molecule has 0 aliphatic rings. The van der Waals surface area contributed by atoms with Crippen LogP contribution in [0.15, 0.2) is 81.7 Å². The second-order valence-corrected chi connectivity index (χ2v) is 7.52. The van der Waals surface area contributed by atoms with Gasteiger partial charge in [-0.15, -0.1) is 0 Å². The lowest BCUT2D eigenvalue weighted by molar-refractivity contribution is 0.102. The van der Waals surface area contributed by atoms with E-state index in [2.05, 4.69) is 49.3 Å². The van der Waals surface area contributed by atoms with E-state index in [1.54, 1.807) is 6.07 Å². The summed E-state index contributed by atoms with van der Waals surface area (Å²) in [5, 5.41) is 2.90. The smallest absolute Gasteiger partial charge is 0.259 e. The van der Waals surface area contributed by atoms with Gasteiger partial charge in [0.05, 0.1) is 12.2 Å². The van der Waals surface area contributed by atoms with Crippen LogP contribution in [0.5, 0.6) is 5.75 Å². The highest BCUT2D eigenvalue weighted by atomic mass is 79.9. The van der Waals surface area contributed by atoms with Crippen molar-refractivity contribution in [2.45, 2.75) is 6.42 Å². The van der Waals surface area contributed by atoms with Crippen LogP contribution in [0.25, 0.3) is 0 Å². The molecule has 0 spiro atoms. The third-order valence-corrected chi connectivity index (χ3v) is 4.75. The molecule has 0 aliphatic heterocycles. The van der Waals surface area contributed by atoms with E-state index in [4.69, 9.17) is 4.74 Å². The van der Waals surface area contributed by atoms with Crippen LogP contribution in [-0.2, 0) is 6.42 Å². The van der Waals surface area contributed by atoms with Gasteiger partial charge in [0.15, 0.2) is 0 Å². The Morgan fingerprint density at radius 3 is 2.42 bits per heavy atom. The average molecular weight is 475 g/mol. The second-order valence-electron chi connectivity index (χ2n) is 5.69. The molecule has 0 saturated heterocycles. The van der Waals surface area contributed by atoms with Gasteiger partial charge in [0.25, 0.3) is 5.91 Å². The fourth-order valence-electron chi connectivity index (χ4n) is 2.49. The minimum absolute atomic E-state index is 0.209. The van der Waals surface area contributed by atoms with Crippen molar-refractivity contribution in [3.05, 3.63) is 92.9 Å². The topological polar surface area (TPSA) is 38.3 Å². The fourth-order valence-corrected chi connectivity index (χ4v) is 3.25. The molecule has 0 bridgehead atoms. The Morgan fingerprint density at radius 1 is 0.885 bits per heavy atom. The Morgan fingerprint density at radius 2 is 1.65 bits per heavy atom. The normalized spacial score (nSPS) is 10.4. The van der Waals surface area contributed by atoms with E-state index in [0.717, 1.165) is 21.1 Å². The van der Waals surface area contributed by atoms with Gasteiger partial charge in [-0.2, -0.15) is 0 Å². The van der Waals surface area contributed by atoms with Gasteiger partial charge in [-0.1, -0.05) is 68.3 Å². The highest BCUT2D eigenvalue weighted by molar-refractivity contribution is 9.10. The van der Waals surface area contributed by atoms with Crippen molar-refractivity contribution in [3.63, 3.8) is 0 Å². The number of hydrogen-bond donors (Lipinski definition) is 1. The largest absolute Gasteiger partial charge is 0.492 e. The van der Waals surface area contributed by atoms with E-state index in [1.165, 1.54) is 5.56 Å². The first-order chi connectivity index (χ1) is 12.6. The van der Waals surface area contributed by atoms with E-state index < -0.39 is 0 Å². The van der Waals surface area contributed by atoms with E-state index in [9.17, 15) is 4.79 Å². The van der Waals surface area contributed by atoms with Crippen LogP contribution >= 0.6 is 31.9 Å². The Hall–Kier alpha value is -2.11. The molecule has 0 unspecified atom stereocenters. The molecule has 3 aromatic carbocycles. The molecule has 0 atom stereocenters. The predicted octanol–water partition coefficient (Wildman–Crippen LogP) is 6.09. The number of amides is 1. The molecule has 0 aliphatic carbocycles. The zero-order chi connectivity index (χ0) is 18.4. The van der Waals surface area contributed by atoms with E-state index in [1.807, 2.05) is 54.6 Å². The van der Waals surface area contributed by atoms with E-state index in [0.29, 0.717) is 17.9 Å². The summed E-state index contributed by atoms with van der Waals surface area (Å²) < 4.78 is 7.62. The number of carbonyl (C=O) groups excluding carboxylic acids is 1. The Bertz CT molecular complexity index is 898. The molecule has 0 fully saturated rings. The highest BCUT2D eigenvalue weighted by Gasteiger charge is 2.14. The van der Waals surface area contributed by atoms with Crippen LogP contribution in [-0.4, -0.2) is 12.5 Å². The quantitative estimate of drug-likeness (QED) is 0.469. The summed E-state index contributed by atoms with van der Waals surface area (Å²) in [6.45, 7) is 0.503. The van der Waals surface area contributed by atoms with Crippen LogP contribution < -0.4 is 10.1 Å². The minimum Gasteiger partial charge on any atom is -0.492 e. The van der Waals surface area contributed by atoms with Gasteiger partial charge in [-0.25, -0.2) is 0 Å². The highest BCUT2D eigenvalue weighted by Crippen LogP contribution is 2.25. The Labute approximate surface area is 169 Å². The molecule has 5 heteroatoms. The van der Waals surface area contributed by atoms with Crippen molar-refractivity contribution in [1.82, 2.24) is 0 Å². The fraction of sp³-hybridized carbons (Fsp3) is 0.0952. The predicted molar refractivity (Wildman–Crippen MR) is 112 cm³/mol. The number of halogens is 2. The number of nitrogens with one attached hydrogen (secondary N) is 1. The molecule has 1 amide bonds. The van der Waals surface area contributed by atoms with Crippen molar-refractivity contribution in [1.29, 1.82) is 0 Å². The number of rotatable bonds is 6. The Balaban J connectivity index is 1.71. The summed E-state index contributed by atoms with van der Waals surface area (Å²) in [5.41, 5.74) is 2.41. The maximum Gasteiger partial charge on any atom is 0.259 e. The van der Waals surface area contributed by atoms with E-state index >= 15 is 0 Å².